The molecule has 0 aliphatic carbocycles. The van der Waals surface area contributed by atoms with E-state index >= 15 is 0 Å². The Balaban J connectivity index is 1.27. The summed E-state index contributed by atoms with van der Waals surface area (Å²) in [4.78, 5) is 25.7. The average molecular weight is 466 g/mol. The number of methoxy groups -OCH3 is 1. The number of hydrogen-bond acceptors (Lipinski definition) is 7. The van der Waals surface area contributed by atoms with Crippen LogP contribution < -0.4 is 15.4 Å². The quantitative estimate of drug-likeness (QED) is 0.548. The van der Waals surface area contributed by atoms with Crippen LogP contribution in [0.3, 0.4) is 0 Å². The molecule has 1 fully saturated rings. The summed E-state index contributed by atoms with van der Waals surface area (Å²) in [6.45, 7) is 3.48. The van der Waals surface area contributed by atoms with Crippen LogP contribution in [0.15, 0.2) is 48.5 Å². The Morgan fingerprint density at radius 3 is 2.36 bits per heavy atom. The van der Waals surface area contributed by atoms with Gasteiger partial charge in [0, 0.05) is 24.2 Å². The lowest BCUT2D eigenvalue weighted by Gasteiger charge is -2.30. The second-order valence-corrected chi connectivity index (χ2v) is 9.01. The number of rotatable bonds is 7. The van der Waals surface area contributed by atoms with Crippen LogP contribution in [-0.4, -0.2) is 53.7 Å². The first-order chi connectivity index (χ1) is 16.0. The van der Waals surface area contributed by atoms with Gasteiger partial charge in [-0.15, -0.1) is 10.2 Å². The summed E-state index contributed by atoms with van der Waals surface area (Å²) in [5.74, 6) is 0.979. The summed E-state index contributed by atoms with van der Waals surface area (Å²) in [6, 6.07) is 14.9. The number of para-hydroxylation sites is 1. The molecule has 2 N–H and O–H groups in total. The number of amides is 2. The van der Waals surface area contributed by atoms with Crippen molar-refractivity contribution >= 4 is 34.5 Å². The SMILES string of the molecule is COc1ccccc1-c1nnc(C2CCN(CC(=O)Nc3ccc(NC(C)=O)cc3)CC2)s1. The lowest BCUT2D eigenvalue weighted by atomic mass is 9.98. The standard InChI is InChI=1S/C24H27N5O3S/c1-16(30)25-18-7-9-19(10-8-18)26-22(31)15-29-13-11-17(12-14-29)23-27-28-24(33-23)20-5-3-4-6-21(20)32-2/h3-10,17H,11-15H2,1-2H3,(H,25,30)(H,26,31). The molecule has 1 aromatic heterocycles. The Morgan fingerprint density at radius 2 is 1.70 bits per heavy atom. The summed E-state index contributed by atoms with van der Waals surface area (Å²) in [6.07, 6.45) is 1.89. The third-order valence-corrected chi connectivity index (χ3v) is 6.69. The number of benzene rings is 2. The van der Waals surface area contributed by atoms with E-state index in [1.165, 1.54) is 6.92 Å². The molecule has 2 amide bonds. The summed E-state index contributed by atoms with van der Waals surface area (Å²) >= 11 is 1.62. The normalized spacial score (nSPS) is 14.6. The number of piperidine rings is 1. The third kappa shape index (κ3) is 5.94. The maximum absolute atomic E-state index is 12.5. The largest absolute Gasteiger partial charge is 0.496 e. The molecule has 4 rings (SSSR count). The molecule has 0 saturated carbocycles. The van der Waals surface area contributed by atoms with Crippen LogP contribution >= 0.6 is 11.3 Å². The van der Waals surface area contributed by atoms with Crippen LogP contribution in [0.5, 0.6) is 5.75 Å². The van der Waals surface area contributed by atoms with Crippen molar-refractivity contribution in [3.8, 4) is 16.3 Å². The minimum Gasteiger partial charge on any atom is -0.496 e. The highest BCUT2D eigenvalue weighted by atomic mass is 32.1. The highest BCUT2D eigenvalue weighted by Gasteiger charge is 2.25. The van der Waals surface area contributed by atoms with Gasteiger partial charge in [0.2, 0.25) is 11.8 Å². The van der Waals surface area contributed by atoms with E-state index in [0.29, 0.717) is 23.8 Å². The fourth-order valence-electron chi connectivity index (χ4n) is 3.91. The first-order valence-electron chi connectivity index (χ1n) is 10.9. The molecule has 3 aromatic rings. The molecule has 9 heteroatoms. The first kappa shape index (κ1) is 22.9. The van der Waals surface area contributed by atoms with Crippen molar-refractivity contribution in [1.82, 2.24) is 15.1 Å². The zero-order valence-corrected chi connectivity index (χ0v) is 19.5. The number of carbonyl (C=O) groups excluding carboxylic acids is 2. The number of carbonyl (C=O) groups is 2. The van der Waals surface area contributed by atoms with E-state index < -0.39 is 0 Å². The van der Waals surface area contributed by atoms with Gasteiger partial charge in [0.25, 0.3) is 0 Å². The Morgan fingerprint density at radius 1 is 1.03 bits per heavy atom. The molecular formula is C24H27N5O3S. The lowest BCUT2D eigenvalue weighted by Crippen LogP contribution is -2.38. The maximum Gasteiger partial charge on any atom is 0.238 e. The number of anilines is 2. The van der Waals surface area contributed by atoms with Crippen LogP contribution in [0.1, 0.15) is 30.7 Å². The van der Waals surface area contributed by atoms with Gasteiger partial charge in [-0.05, 0) is 62.3 Å². The molecule has 0 unspecified atom stereocenters. The van der Waals surface area contributed by atoms with Crippen molar-refractivity contribution < 1.29 is 14.3 Å². The van der Waals surface area contributed by atoms with Gasteiger partial charge in [0.05, 0.1) is 19.2 Å². The summed E-state index contributed by atoms with van der Waals surface area (Å²) in [5.41, 5.74) is 2.37. The van der Waals surface area contributed by atoms with Crippen LogP contribution in [0, 0.1) is 0 Å². The highest BCUT2D eigenvalue weighted by Crippen LogP contribution is 2.36. The number of aromatic nitrogens is 2. The van der Waals surface area contributed by atoms with Crippen molar-refractivity contribution in [2.24, 2.45) is 0 Å². The van der Waals surface area contributed by atoms with Crippen LogP contribution in [-0.2, 0) is 9.59 Å². The smallest absolute Gasteiger partial charge is 0.238 e. The fraction of sp³-hybridized carbons (Fsp3) is 0.333. The van der Waals surface area contributed by atoms with Crippen LogP contribution in [0.4, 0.5) is 11.4 Å². The van der Waals surface area contributed by atoms with E-state index in [1.807, 2.05) is 24.3 Å². The van der Waals surface area contributed by atoms with Crippen molar-refractivity contribution in [3.63, 3.8) is 0 Å². The Labute approximate surface area is 197 Å². The minimum absolute atomic E-state index is 0.0462. The van der Waals surface area contributed by atoms with Gasteiger partial charge in [-0.25, -0.2) is 0 Å². The van der Waals surface area contributed by atoms with E-state index in [1.54, 1.807) is 42.7 Å². The van der Waals surface area contributed by atoms with E-state index in [0.717, 1.165) is 47.3 Å². The molecule has 1 aliphatic rings. The van der Waals surface area contributed by atoms with Crippen LogP contribution in [0.25, 0.3) is 10.6 Å². The van der Waals surface area contributed by atoms with Gasteiger partial charge in [-0.2, -0.15) is 0 Å². The van der Waals surface area contributed by atoms with Crippen molar-refractivity contribution in [1.29, 1.82) is 0 Å². The predicted octanol–water partition coefficient (Wildman–Crippen LogP) is 3.99. The monoisotopic (exact) mass is 465 g/mol. The molecule has 2 heterocycles. The summed E-state index contributed by atoms with van der Waals surface area (Å²) < 4.78 is 5.45. The zero-order chi connectivity index (χ0) is 23.2. The molecule has 1 aliphatic heterocycles. The van der Waals surface area contributed by atoms with E-state index in [4.69, 9.17) is 4.74 Å². The molecule has 0 radical (unpaired) electrons. The maximum atomic E-state index is 12.5. The van der Waals surface area contributed by atoms with Gasteiger partial charge < -0.3 is 15.4 Å². The number of hydrogen-bond donors (Lipinski definition) is 2. The lowest BCUT2D eigenvalue weighted by molar-refractivity contribution is -0.117. The minimum atomic E-state index is -0.125. The fourth-order valence-corrected chi connectivity index (χ4v) is 4.95. The van der Waals surface area contributed by atoms with Crippen LogP contribution in [0.2, 0.25) is 0 Å². The summed E-state index contributed by atoms with van der Waals surface area (Å²) in [7, 11) is 1.66. The van der Waals surface area contributed by atoms with E-state index in [-0.39, 0.29) is 11.8 Å². The highest BCUT2D eigenvalue weighted by molar-refractivity contribution is 7.14. The predicted molar refractivity (Wildman–Crippen MR) is 130 cm³/mol. The van der Waals surface area contributed by atoms with E-state index in [9.17, 15) is 9.59 Å². The van der Waals surface area contributed by atoms with Crippen molar-refractivity contribution in [2.45, 2.75) is 25.7 Å². The number of ether oxygens (including phenoxy) is 1. The van der Waals surface area contributed by atoms with Gasteiger partial charge in [0.15, 0.2) is 5.01 Å². The van der Waals surface area contributed by atoms with Crippen molar-refractivity contribution in [3.05, 3.63) is 53.5 Å². The van der Waals surface area contributed by atoms with Gasteiger partial charge in [-0.1, -0.05) is 23.5 Å². The topological polar surface area (TPSA) is 96.5 Å². The van der Waals surface area contributed by atoms with Gasteiger partial charge in [-0.3, -0.25) is 14.5 Å². The zero-order valence-electron chi connectivity index (χ0n) is 18.7. The molecule has 2 aromatic carbocycles. The molecule has 8 nitrogen and oxygen atoms in total. The number of nitrogens with zero attached hydrogens (tertiary/aromatic N) is 3. The van der Waals surface area contributed by atoms with E-state index in [2.05, 4.69) is 25.7 Å². The number of likely N-dealkylation sites (tertiary alicyclic amines) is 1. The molecule has 172 valence electrons. The first-order valence-corrected chi connectivity index (χ1v) is 11.7. The summed E-state index contributed by atoms with van der Waals surface area (Å²) in [5, 5.41) is 16.4. The average Bonchev–Trinajstić information content (AvgIpc) is 3.30. The molecule has 33 heavy (non-hydrogen) atoms. The third-order valence-electron chi connectivity index (χ3n) is 5.57. The second kappa shape index (κ2) is 10.5. The Bertz CT molecular complexity index is 1110. The molecule has 1 saturated heterocycles. The van der Waals surface area contributed by atoms with Crippen molar-refractivity contribution in [2.75, 3.05) is 37.4 Å². The molecule has 0 atom stereocenters. The second-order valence-electron chi connectivity index (χ2n) is 8.00. The number of nitrogens with one attached hydrogen (secondary N) is 2. The Kier molecular flexibility index (Phi) is 7.31. The Hall–Kier alpha value is -3.30. The molecule has 0 bridgehead atoms. The van der Waals surface area contributed by atoms with Gasteiger partial charge in [0.1, 0.15) is 10.8 Å². The molecular weight excluding hydrogens is 438 g/mol. The van der Waals surface area contributed by atoms with Gasteiger partial charge >= 0.3 is 0 Å². The molecule has 0 spiro atoms.